The van der Waals surface area contributed by atoms with E-state index in [1.807, 2.05) is 23.1 Å². The second kappa shape index (κ2) is 8.30. The third kappa shape index (κ3) is 4.25. The molecule has 142 valence electrons. The molecule has 3 heterocycles. The van der Waals surface area contributed by atoms with E-state index in [1.165, 1.54) is 12.1 Å². The fourth-order valence-corrected chi connectivity index (χ4v) is 3.72. The molecule has 2 aromatic heterocycles. The largest absolute Gasteiger partial charge is 0.338 e. The Kier molecular flexibility index (Phi) is 5.42. The number of hydrogen-bond donors (Lipinski definition) is 0. The van der Waals surface area contributed by atoms with Crippen molar-refractivity contribution < 1.29 is 9.18 Å². The van der Waals surface area contributed by atoms with E-state index in [4.69, 9.17) is 4.98 Å². The van der Waals surface area contributed by atoms with Gasteiger partial charge in [0, 0.05) is 54.8 Å². The summed E-state index contributed by atoms with van der Waals surface area (Å²) in [6.07, 6.45) is 5.95. The SMILES string of the molecule is O=C(c1ccncc1)N1CCCC(c2cccc(Cc3ccc(F)cc3)n2)C1. The average molecular weight is 375 g/mol. The predicted molar refractivity (Wildman–Crippen MR) is 106 cm³/mol. The van der Waals surface area contributed by atoms with E-state index in [1.54, 1.807) is 36.7 Å². The number of hydrogen-bond acceptors (Lipinski definition) is 3. The molecular weight excluding hydrogens is 353 g/mol. The van der Waals surface area contributed by atoms with E-state index in [-0.39, 0.29) is 17.6 Å². The third-order valence-corrected chi connectivity index (χ3v) is 5.18. The lowest BCUT2D eigenvalue weighted by Gasteiger charge is -2.32. The van der Waals surface area contributed by atoms with Crippen molar-refractivity contribution in [2.45, 2.75) is 25.2 Å². The first kappa shape index (κ1) is 18.3. The van der Waals surface area contributed by atoms with Gasteiger partial charge >= 0.3 is 0 Å². The first-order chi connectivity index (χ1) is 13.7. The van der Waals surface area contributed by atoms with Gasteiger partial charge in [-0.2, -0.15) is 0 Å². The molecule has 1 atom stereocenters. The van der Waals surface area contributed by atoms with Crippen LogP contribution < -0.4 is 0 Å². The zero-order valence-corrected chi connectivity index (χ0v) is 15.6. The van der Waals surface area contributed by atoms with Crippen molar-refractivity contribution in [2.24, 2.45) is 0 Å². The van der Waals surface area contributed by atoms with Gasteiger partial charge < -0.3 is 4.90 Å². The molecule has 0 radical (unpaired) electrons. The fourth-order valence-electron chi connectivity index (χ4n) is 3.72. The van der Waals surface area contributed by atoms with E-state index >= 15 is 0 Å². The van der Waals surface area contributed by atoms with Gasteiger partial charge in [0.25, 0.3) is 5.91 Å². The summed E-state index contributed by atoms with van der Waals surface area (Å²) in [5.41, 5.74) is 3.69. The molecule has 1 saturated heterocycles. The molecule has 1 fully saturated rings. The van der Waals surface area contributed by atoms with Gasteiger partial charge in [-0.1, -0.05) is 18.2 Å². The topological polar surface area (TPSA) is 46.1 Å². The zero-order chi connectivity index (χ0) is 19.3. The predicted octanol–water partition coefficient (Wildman–Crippen LogP) is 4.23. The van der Waals surface area contributed by atoms with E-state index in [2.05, 4.69) is 4.98 Å². The number of nitrogens with zero attached hydrogens (tertiary/aromatic N) is 3. The van der Waals surface area contributed by atoms with E-state index in [0.717, 1.165) is 36.3 Å². The van der Waals surface area contributed by atoms with Gasteiger partial charge in [-0.15, -0.1) is 0 Å². The second-order valence-corrected chi connectivity index (χ2v) is 7.18. The monoisotopic (exact) mass is 375 g/mol. The Morgan fingerprint density at radius 1 is 1.07 bits per heavy atom. The molecule has 0 aliphatic carbocycles. The summed E-state index contributed by atoms with van der Waals surface area (Å²) in [6.45, 7) is 1.45. The zero-order valence-electron chi connectivity index (χ0n) is 15.6. The number of benzene rings is 1. The summed E-state index contributed by atoms with van der Waals surface area (Å²) >= 11 is 0. The molecule has 4 rings (SSSR count). The van der Waals surface area contributed by atoms with Crippen molar-refractivity contribution >= 4 is 5.91 Å². The van der Waals surface area contributed by atoms with Crippen LogP contribution in [0.4, 0.5) is 4.39 Å². The molecule has 4 nitrogen and oxygen atoms in total. The normalized spacial score (nSPS) is 16.8. The first-order valence-electron chi connectivity index (χ1n) is 9.58. The highest BCUT2D eigenvalue weighted by atomic mass is 19.1. The van der Waals surface area contributed by atoms with E-state index in [9.17, 15) is 9.18 Å². The summed E-state index contributed by atoms with van der Waals surface area (Å²) in [7, 11) is 0. The van der Waals surface area contributed by atoms with Crippen LogP contribution in [-0.4, -0.2) is 33.9 Å². The molecule has 28 heavy (non-hydrogen) atoms. The van der Waals surface area contributed by atoms with Gasteiger partial charge in [0.15, 0.2) is 0 Å². The Labute approximate surface area is 164 Å². The van der Waals surface area contributed by atoms with E-state index < -0.39 is 0 Å². The Morgan fingerprint density at radius 3 is 2.64 bits per heavy atom. The lowest BCUT2D eigenvalue weighted by atomic mass is 9.93. The number of pyridine rings is 2. The Morgan fingerprint density at radius 2 is 1.86 bits per heavy atom. The van der Waals surface area contributed by atoms with Gasteiger partial charge in [0.1, 0.15) is 5.82 Å². The highest BCUT2D eigenvalue weighted by molar-refractivity contribution is 5.94. The summed E-state index contributed by atoms with van der Waals surface area (Å²) in [6, 6.07) is 16.1. The summed E-state index contributed by atoms with van der Waals surface area (Å²) in [4.78, 5) is 23.5. The second-order valence-electron chi connectivity index (χ2n) is 7.18. The van der Waals surface area contributed by atoms with Gasteiger partial charge in [0.2, 0.25) is 0 Å². The van der Waals surface area contributed by atoms with Crippen LogP contribution in [0.15, 0.2) is 67.0 Å². The molecule has 5 heteroatoms. The highest BCUT2D eigenvalue weighted by Crippen LogP contribution is 2.27. The van der Waals surface area contributed by atoms with Crippen molar-refractivity contribution in [3.8, 4) is 0 Å². The van der Waals surface area contributed by atoms with Crippen molar-refractivity contribution in [1.29, 1.82) is 0 Å². The number of likely N-dealkylation sites (tertiary alicyclic amines) is 1. The quantitative estimate of drug-likeness (QED) is 0.686. The molecule has 1 amide bonds. The van der Waals surface area contributed by atoms with Crippen LogP contribution in [0.25, 0.3) is 0 Å². The van der Waals surface area contributed by atoms with Crippen molar-refractivity contribution in [1.82, 2.24) is 14.9 Å². The van der Waals surface area contributed by atoms with Crippen molar-refractivity contribution in [3.05, 3.63) is 95.3 Å². The summed E-state index contributed by atoms with van der Waals surface area (Å²) < 4.78 is 13.1. The molecule has 1 unspecified atom stereocenters. The summed E-state index contributed by atoms with van der Waals surface area (Å²) in [5, 5.41) is 0. The van der Waals surface area contributed by atoms with Crippen LogP contribution in [0.5, 0.6) is 0 Å². The maximum Gasteiger partial charge on any atom is 0.253 e. The molecular formula is C23H22FN3O. The number of carbonyl (C=O) groups is 1. The number of amides is 1. The fraction of sp³-hybridized carbons (Fsp3) is 0.261. The van der Waals surface area contributed by atoms with Crippen LogP contribution in [-0.2, 0) is 6.42 Å². The maximum atomic E-state index is 13.1. The molecule has 0 spiro atoms. The molecule has 0 bridgehead atoms. The standard InChI is InChI=1S/C23H22FN3O/c24-20-8-6-17(7-9-20)15-21-4-1-5-22(26-21)19-3-2-14-27(16-19)23(28)18-10-12-25-13-11-18/h1,4-13,19H,2-3,14-16H2. The molecule has 1 aliphatic heterocycles. The van der Waals surface area contributed by atoms with Crippen LogP contribution in [0, 0.1) is 5.82 Å². The summed E-state index contributed by atoms with van der Waals surface area (Å²) in [5.74, 6) is 0.0499. The van der Waals surface area contributed by atoms with E-state index in [0.29, 0.717) is 18.5 Å². The molecule has 1 aliphatic rings. The van der Waals surface area contributed by atoms with Crippen LogP contribution in [0.2, 0.25) is 0 Å². The number of aromatic nitrogens is 2. The Bertz CT molecular complexity index is 944. The maximum absolute atomic E-state index is 13.1. The third-order valence-electron chi connectivity index (χ3n) is 5.18. The van der Waals surface area contributed by atoms with Crippen molar-refractivity contribution in [3.63, 3.8) is 0 Å². The lowest BCUT2D eigenvalue weighted by molar-refractivity contribution is 0.0705. The molecule has 0 saturated carbocycles. The first-order valence-corrected chi connectivity index (χ1v) is 9.58. The average Bonchev–Trinajstić information content (AvgIpc) is 2.76. The van der Waals surface area contributed by atoms with Crippen LogP contribution in [0.3, 0.4) is 0 Å². The minimum atomic E-state index is -0.230. The molecule has 3 aromatic rings. The number of rotatable bonds is 4. The molecule has 1 aromatic carbocycles. The van der Waals surface area contributed by atoms with Crippen molar-refractivity contribution in [2.75, 3.05) is 13.1 Å². The number of piperidine rings is 1. The molecule has 0 N–H and O–H groups in total. The number of carbonyl (C=O) groups excluding carboxylic acids is 1. The minimum Gasteiger partial charge on any atom is -0.338 e. The Hall–Kier alpha value is -3.08. The smallest absolute Gasteiger partial charge is 0.253 e. The lowest BCUT2D eigenvalue weighted by Crippen LogP contribution is -2.39. The minimum absolute atomic E-state index is 0.0505. The van der Waals surface area contributed by atoms with Crippen LogP contribution >= 0.6 is 0 Å². The highest BCUT2D eigenvalue weighted by Gasteiger charge is 2.26. The van der Waals surface area contributed by atoms with Gasteiger partial charge in [-0.3, -0.25) is 14.8 Å². The van der Waals surface area contributed by atoms with Gasteiger partial charge in [0.05, 0.1) is 0 Å². The Balaban J connectivity index is 1.47. The van der Waals surface area contributed by atoms with Gasteiger partial charge in [-0.05, 0) is 54.8 Å². The van der Waals surface area contributed by atoms with Gasteiger partial charge in [-0.25, -0.2) is 4.39 Å². The number of halogens is 1. The van der Waals surface area contributed by atoms with Crippen LogP contribution in [0.1, 0.15) is 46.1 Å².